The largest absolute Gasteiger partial charge is 0.507 e. The zero-order chi connectivity index (χ0) is 23.9. The Morgan fingerprint density at radius 3 is 2.52 bits per heavy atom. The zero-order valence-corrected chi connectivity index (χ0v) is 19.0. The highest BCUT2D eigenvalue weighted by atomic mass is 35.5. The Hall–Kier alpha value is -3.64. The Morgan fingerprint density at radius 2 is 1.82 bits per heavy atom. The molecule has 7 heteroatoms. The summed E-state index contributed by atoms with van der Waals surface area (Å²) in [6, 6.07) is 15.2. The number of aliphatic hydroxyl groups is 1. The summed E-state index contributed by atoms with van der Waals surface area (Å²) in [6.45, 7) is 3.68. The van der Waals surface area contributed by atoms with Gasteiger partial charge in [-0.1, -0.05) is 41.4 Å². The molecule has 3 aromatic rings. The predicted molar refractivity (Wildman–Crippen MR) is 125 cm³/mol. The van der Waals surface area contributed by atoms with Crippen molar-refractivity contribution in [2.45, 2.75) is 19.9 Å². The average molecular weight is 466 g/mol. The van der Waals surface area contributed by atoms with Crippen LogP contribution in [0, 0.1) is 19.7 Å². The van der Waals surface area contributed by atoms with Crippen LogP contribution in [0.1, 0.15) is 28.3 Å². The monoisotopic (exact) mass is 465 g/mol. The zero-order valence-electron chi connectivity index (χ0n) is 18.2. The van der Waals surface area contributed by atoms with Gasteiger partial charge in [-0.3, -0.25) is 14.5 Å². The second-order valence-corrected chi connectivity index (χ2v) is 8.27. The minimum absolute atomic E-state index is 0.0672. The molecule has 1 N–H and O–H groups in total. The number of ether oxygens (including phenoxy) is 1. The van der Waals surface area contributed by atoms with Gasteiger partial charge in [-0.05, 0) is 61.4 Å². The van der Waals surface area contributed by atoms with Crippen molar-refractivity contribution in [2.24, 2.45) is 0 Å². The van der Waals surface area contributed by atoms with E-state index in [2.05, 4.69) is 0 Å². The number of benzene rings is 3. The molecule has 4 rings (SSSR count). The van der Waals surface area contributed by atoms with E-state index in [4.69, 9.17) is 16.3 Å². The highest BCUT2D eigenvalue weighted by molar-refractivity contribution is 6.51. The molecule has 33 heavy (non-hydrogen) atoms. The number of methoxy groups -OCH3 is 1. The number of hydrogen-bond donors (Lipinski definition) is 1. The summed E-state index contributed by atoms with van der Waals surface area (Å²) in [7, 11) is 1.51. The lowest BCUT2D eigenvalue weighted by Crippen LogP contribution is -2.29. The Bertz CT molecular complexity index is 1320. The van der Waals surface area contributed by atoms with Crippen LogP contribution < -0.4 is 9.64 Å². The maximum Gasteiger partial charge on any atom is 0.300 e. The minimum atomic E-state index is -0.971. The molecule has 0 aliphatic carbocycles. The number of halogens is 2. The topological polar surface area (TPSA) is 66.8 Å². The fourth-order valence-corrected chi connectivity index (χ4v) is 4.17. The number of anilines is 1. The summed E-state index contributed by atoms with van der Waals surface area (Å²) in [6.07, 6.45) is 0. The van der Waals surface area contributed by atoms with Gasteiger partial charge in [0, 0.05) is 11.3 Å². The molecule has 1 fully saturated rings. The number of nitrogens with zero attached hydrogens (tertiary/aromatic N) is 1. The fraction of sp³-hybridized carbons (Fsp3) is 0.154. The van der Waals surface area contributed by atoms with E-state index >= 15 is 0 Å². The first-order valence-electron chi connectivity index (χ1n) is 10.2. The maximum atomic E-state index is 13.8. The third-order valence-electron chi connectivity index (χ3n) is 5.68. The smallest absolute Gasteiger partial charge is 0.300 e. The molecule has 5 nitrogen and oxygen atoms in total. The molecule has 1 aliphatic rings. The summed E-state index contributed by atoms with van der Waals surface area (Å²) in [5, 5.41) is 11.1. The average Bonchev–Trinajstić information content (AvgIpc) is 3.07. The number of aryl methyl sites for hydroxylation is 2. The van der Waals surface area contributed by atoms with Crippen LogP contribution in [0.15, 0.2) is 66.2 Å². The highest BCUT2D eigenvalue weighted by Gasteiger charge is 2.47. The predicted octanol–water partition coefficient (Wildman–Crippen LogP) is 5.73. The van der Waals surface area contributed by atoms with Gasteiger partial charge in [0.25, 0.3) is 11.7 Å². The Kier molecular flexibility index (Phi) is 5.95. The van der Waals surface area contributed by atoms with E-state index in [1.807, 2.05) is 26.0 Å². The van der Waals surface area contributed by atoms with Crippen LogP contribution >= 0.6 is 11.6 Å². The molecule has 168 valence electrons. The summed E-state index contributed by atoms with van der Waals surface area (Å²) in [5.74, 6) is -2.11. The van der Waals surface area contributed by atoms with E-state index in [1.54, 1.807) is 30.3 Å². The van der Waals surface area contributed by atoms with Crippen LogP contribution in [0.2, 0.25) is 5.02 Å². The Morgan fingerprint density at radius 1 is 1.06 bits per heavy atom. The molecule has 3 aromatic carbocycles. The second-order valence-electron chi connectivity index (χ2n) is 7.86. The number of Topliss-reactive ketones (excluding diaryl/α,β-unsaturated/α-hetero) is 1. The van der Waals surface area contributed by atoms with E-state index in [-0.39, 0.29) is 22.0 Å². The van der Waals surface area contributed by atoms with Gasteiger partial charge in [0.15, 0.2) is 0 Å². The molecule has 1 atom stereocenters. The van der Waals surface area contributed by atoms with Crippen LogP contribution in [0.5, 0.6) is 5.75 Å². The number of hydrogen-bond acceptors (Lipinski definition) is 4. The van der Waals surface area contributed by atoms with Crippen molar-refractivity contribution in [1.82, 2.24) is 0 Å². The van der Waals surface area contributed by atoms with Gasteiger partial charge in [-0.2, -0.15) is 0 Å². The van der Waals surface area contributed by atoms with Crippen molar-refractivity contribution in [2.75, 3.05) is 12.0 Å². The Labute approximate surface area is 195 Å². The lowest BCUT2D eigenvalue weighted by molar-refractivity contribution is -0.132. The van der Waals surface area contributed by atoms with Crippen molar-refractivity contribution < 1.29 is 23.8 Å². The molecule has 0 aromatic heterocycles. The lowest BCUT2D eigenvalue weighted by Gasteiger charge is -2.26. The molecule has 0 bridgehead atoms. The van der Waals surface area contributed by atoms with Gasteiger partial charge < -0.3 is 9.84 Å². The van der Waals surface area contributed by atoms with E-state index in [0.717, 1.165) is 17.2 Å². The van der Waals surface area contributed by atoms with Crippen LogP contribution in [0.3, 0.4) is 0 Å². The number of carbonyl (C=O) groups excluding carboxylic acids is 2. The summed E-state index contributed by atoms with van der Waals surface area (Å²) < 4.78 is 19.1. The van der Waals surface area contributed by atoms with Crippen molar-refractivity contribution in [3.05, 3.63) is 99.3 Å². The molecule has 0 saturated carbocycles. The Balaban J connectivity index is 2.00. The molecule has 1 saturated heterocycles. The standard InChI is InChI=1S/C26H21ClFNO4/c1-14-7-8-15(2)19(11-14)24(30)22-23(16-5-4-6-18(12-16)33-3)29(26(32)25(22)31)17-9-10-21(28)20(27)13-17/h4-13,23,30H,1-3H3/b24-22+. The van der Waals surface area contributed by atoms with Crippen molar-refractivity contribution in [1.29, 1.82) is 0 Å². The van der Waals surface area contributed by atoms with Gasteiger partial charge in [0.2, 0.25) is 0 Å². The number of carbonyl (C=O) groups is 2. The first-order chi connectivity index (χ1) is 15.7. The first-order valence-corrected chi connectivity index (χ1v) is 10.6. The molecular weight excluding hydrogens is 445 g/mol. The number of aliphatic hydroxyl groups excluding tert-OH is 1. The third-order valence-corrected chi connectivity index (χ3v) is 5.97. The summed E-state index contributed by atoms with van der Waals surface area (Å²) >= 11 is 5.97. The molecular formula is C26H21ClFNO4. The van der Waals surface area contributed by atoms with Crippen molar-refractivity contribution in [3.8, 4) is 5.75 Å². The van der Waals surface area contributed by atoms with Gasteiger partial charge >= 0.3 is 0 Å². The van der Waals surface area contributed by atoms with E-state index < -0.39 is 23.5 Å². The van der Waals surface area contributed by atoms with E-state index in [1.165, 1.54) is 24.1 Å². The molecule has 0 spiro atoms. The van der Waals surface area contributed by atoms with Crippen LogP contribution in [-0.2, 0) is 9.59 Å². The first kappa shape index (κ1) is 22.6. The molecule has 1 aliphatic heterocycles. The van der Waals surface area contributed by atoms with Gasteiger partial charge in [-0.15, -0.1) is 0 Å². The maximum absolute atomic E-state index is 13.8. The molecule has 1 amide bonds. The van der Waals surface area contributed by atoms with Crippen molar-refractivity contribution in [3.63, 3.8) is 0 Å². The second kappa shape index (κ2) is 8.71. The highest BCUT2D eigenvalue weighted by Crippen LogP contribution is 2.43. The van der Waals surface area contributed by atoms with Crippen LogP contribution in [0.4, 0.5) is 10.1 Å². The van der Waals surface area contributed by atoms with E-state index in [0.29, 0.717) is 16.9 Å². The number of rotatable bonds is 4. The summed E-state index contributed by atoms with van der Waals surface area (Å²) in [5.41, 5.74) is 2.80. The lowest BCUT2D eigenvalue weighted by atomic mass is 9.93. The molecule has 1 unspecified atom stereocenters. The molecule has 1 heterocycles. The van der Waals surface area contributed by atoms with Gasteiger partial charge in [-0.25, -0.2) is 4.39 Å². The minimum Gasteiger partial charge on any atom is -0.507 e. The fourth-order valence-electron chi connectivity index (χ4n) is 4.00. The third kappa shape index (κ3) is 3.98. The number of amides is 1. The van der Waals surface area contributed by atoms with E-state index in [9.17, 15) is 19.1 Å². The SMILES string of the molecule is COc1cccc(C2/C(=C(\O)c3cc(C)ccc3C)C(=O)C(=O)N2c2ccc(F)c(Cl)c2)c1. The number of ketones is 1. The quantitative estimate of drug-likeness (QED) is 0.303. The summed E-state index contributed by atoms with van der Waals surface area (Å²) in [4.78, 5) is 27.7. The van der Waals surface area contributed by atoms with Crippen molar-refractivity contribution >= 4 is 34.7 Å². The van der Waals surface area contributed by atoms with Crippen LogP contribution in [0.25, 0.3) is 5.76 Å². The van der Waals surface area contributed by atoms with Gasteiger partial charge in [0.1, 0.15) is 17.3 Å². The normalized spacial score (nSPS) is 17.5. The van der Waals surface area contributed by atoms with Crippen LogP contribution in [-0.4, -0.2) is 23.9 Å². The van der Waals surface area contributed by atoms with Gasteiger partial charge in [0.05, 0.1) is 23.7 Å². The molecule has 0 radical (unpaired) electrons.